The summed E-state index contributed by atoms with van der Waals surface area (Å²) in [4.78, 5) is -0.219. The second-order valence-electron chi connectivity index (χ2n) is 1.75. The molecule has 0 amide bonds. The maximum absolute atomic E-state index is 5.74. The minimum atomic E-state index is -0.923. The highest BCUT2D eigenvalue weighted by molar-refractivity contribution is 7.06. The van der Waals surface area contributed by atoms with Crippen LogP contribution in [0.1, 0.15) is 6.42 Å². The highest BCUT2D eigenvalue weighted by atomic mass is 35.6. The van der Waals surface area contributed by atoms with Crippen molar-refractivity contribution in [2.45, 2.75) is 23.8 Å². The quantitative estimate of drug-likeness (QED) is 0.366. The Bertz CT molecular complexity index is 47.2. The SMILES string of the molecule is C[SiH](Cl)CCC(Cl)Cl. The minimum Gasteiger partial charge on any atom is -0.172 e. The first kappa shape index (κ1) is 9.09. The molecule has 0 bridgehead atoms. The van der Waals surface area contributed by atoms with Gasteiger partial charge in [0.2, 0.25) is 0 Å². The van der Waals surface area contributed by atoms with E-state index in [0.717, 1.165) is 12.5 Å². The van der Waals surface area contributed by atoms with Crippen LogP contribution in [0.25, 0.3) is 0 Å². The van der Waals surface area contributed by atoms with E-state index in [-0.39, 0.29) is 4.84 Å². The first-order chi connectivity index (χ1) is 3.63. The van der Waals surface area contributed by atoms with Crippen molar-refractivity contribution in [1.82, 2.24) is 0 Å². The number of halogens is 3. The van der Waals surface area contributed by atoms with Crippen LogP contribution in [0.3, 0.4) is 0 Å². The molecule has 1 unspecified atom stereocenters. The predicted molar refractivity (Wildman–Crippen MR) is 43.8 cm³/mol. The molecule has 0 saturated carbocycles. The number of rotatable bonds is 3. The van der Waals surface area contributed by atoms with Gasteiger partial charge in [0.15, 0.2) is 0 Å². The van der Waals surface area contributed by atoms with Crippen LogP contribution >= 0.6 is 34.3 Å². The van der Waals surface area contributed by atoms with Crippen LogP contribution < -0.4 is 0 Å². The molecule has 0 N–H and O–H groups in total. The number of hydrogen-bond acceptors (Lipinski definition) is 0. The van der Waals surface area contributed by atoms with E-state index in [1.165, 1.54) is 0 Å². The zero-order valence-electron chi connectivity index (χ0n) is 4.70. The van der Waals surface area contributed by atoms with Gasteiger partial charge >= 0.3 is 0 Å². The molecule has 0 rings (SSSR count). The summed E-state index contributed by atoms with van der Waals surface area (Å²) in [7, 11) is -0.923. The molecule has 0 aromatic carbocycles. The van der Waals surface area contributed by atoms with Crippen molar-refractivity contribution in [2.75, 3.05) is 0 Å². The Morgan fingerprint density at radius 1 is 1.50 bits per heavy atom. The van der Waals surface area contributed by atoms with Gasteiger partial charge in [-0.05, 0) is 12.5 Å². The van der Waals surface area contributed by atoms with E-state index in [0.29, 0.717) is 0 Å². The lowest BCUT2D eigenvalue weighted by Crippen LogP contribution is -1.97. The lowest BCUT2D eigenvalue weighted by Gasteiger charge is -1.99. The summed E-state index contributed by atoms with van der Waals surface area (Å²) in [5, 5.41) is 0. The van der Waals surface area contributed by atoms with Gasteiger partial charge in [0.05, 0.1) is 0 Å². The third-order valence-corrected chi connectivity index (χ3v) is 3.00. The van der Waals surface area contributed by atoms with Crippen LogP contribution in [0, 0.1) is 0 Å². The van der Waals surface area contributed by atoms with Crippen molar-refractivity contribution in [2.24, 2.45) is 0 Å². The van der Waals surface area contributed by atoms with Gasteiger partial charge in [-0.15, -0.1) is 23.2 Å². The number of alkyl halides is 2. The smallest absolute Gasteiger partial charge is 0.138 e. The van der Waals surface area contributed by atoms with E-state index >= 15 is 0 Å². The van der Waals surface area contributed by atoms with Crippen molar-refractivity contribution in [3.05, 3.63) is 0 Å². The Balaban J connectivity index is 2.93. The summed E-state index contributed by atoms with van der Waals surface area (Å²) in [6, 6.07) is 1.03. The van der Waals surface area contributed by atoms with Crippen LogP contribution in [0.5, 0.6) is 0 Å². The summed E-state index contributed by atoms with van der Waals surface area (Å²) < 4.78 is 0. The summed E-state index contributed by atoms with van der Waals surface area (Å²) in [6.45, 7) is 2.07. The maximum Gasteiger partial charge on any atom is 0.138 e. The van der Waals surface area contributed by atoms with E-state index in [4.69, 9.17) is 34.3 Å². The maximum atomic E-state index is 5.74. The van der Waals surface area contributed by atoms with Crippen molar-refractivity contribution >= 4 is 42.4 Å². The van der Waals surface area contributed by atoms with E-state index in [1.54, 1.807) is 0 Å². The van der Waals surface area contributed by atoms with Gasteiger partial charge in [0, 0.05) is 0 Å². The van der Waals surface area contributed by atoms with Crippen molar-refractivity contribution < 1.29 is 0 Å². The average molecular weight is 192 g/mol. The molecule has 0 spiro atoms. The first-order valence-electron chi connectivity index (χ1n) is 2.55. The van der Waals surface area contributed by atoms with E-state index < -0.39 is 8.11 Å². The van der Waals surface area contributed by atoms with Gasteiger partial charge < -0.3 is 0 Å². The zero-order chi connectivity index (χ0) is 6.57. The lowest BCUT2D eigenvalue weighted by molar-refractivity contribution is 1.02. The molecule has 8 heavy (non-hydrogen) atoms. The molecule has 0 aliphatic carbocycles. The van der Waals surface area contributed by atoms with Gasteiger partial charge in [-0.25, -0.2) is 0 Å². The average Bonchev–Trinajstić information content (AvgIpc) is 1.61. The van der Waals surface area contributed by atoms with E-state index in [2.05, 4.69) is 6.55 Å². The molecule has 0 aromatic heterocycles. The number of hydrogen-bond donors (Lipinski definition) is 0. The fraction of sp³-hybridized carbons (Fsp3) is 1.00. The minimum absolute atomic E-state index is 0.219. The molecule has 0 aromatic rings. The zero-order valence-corrected chi connectivity index (χ0v) is 8.13. The third-order valence-electron chi connectivity index (χ3n) is 0.783. The Hall–Kier alpha value is 1.09. The second kappa shape index (κ2) is 4.92. The van der Waals surface area contributed by atoms with Crippen LogP contribution in [0.2, 0.25) is 12.6 Å². The van der Waals surface area contributed by atoms with Crippen LogP contribution in [-0.2, 0) is 0 Å². The molecular weight excluding hydrogens is 182 g/mol. The Labute approximate surface area is 66.4 Å². The molecule has 0 heterocycles. The Kier molecular flexibility index (Phi) is 5.59. The molecule has 0 aliphatic heterocycles. The summed E-state index contributed by atoms with van der Waals surface area (Å²) >= 11 is 16.6. The van der Waals surface area contributed by atoms with E-state index in [1.807, 2.05) is 0 Å². The van der Waals surface area contributed by atoms with Gasteiger partial charge in [0.25, 0.3) is 0 Å². The molecule has 4 heteroatoms. The Morgan fingerprint density at radius 2 is 2.00 bits per heavy atom. The predicted octanol–water partition coefficient (Wildman–Crippen LogP) is 2.77. The van der Waals surface area contributed by atoms with Crippen LogP contribution in [-0.4, -0.2) is 12.9 Å². The first-order valence-corrected chi connectivity index (χ1v) is 7.14. The molecule has 0 nitrogen and oxygen atoms in total. The van der Waals surface area contributed by atoms with Gasteiger partial charge in [0.1, 0.15) is 12.9 Å². The highest BCUT2D eigenvalue weighted by Gasteiger charge is 2.02. The molecule has 0 saturated heterocycles. The fourth-order valence-electron chi connectivity index (χ4n) is 0.356. The van der Waals surface area contributed by atoms with Gasteiger partial charge in [-0.3, -0.25) is 0 Å². The molecule has 0 radical (unpaired) electrons. The molecule has 50 valence electrons. The molecule has 0 aliphatic rings. The summed E-state index contributed by atoms with van der Waals surface area (Å²) in [5.74, 6) is 0. The molecular formula is C4H9Cl3Si. The highest BCUT2D eigenvalue weighted by Crippen LogP contribution is 2.12. The van der Waals surface area contributed by atoms with Gasteiger partial charge in [-0.2, -0.15) is 11.1 Å². The summed E-state index contributed by atoms with van der Waals surface area (Å²) in [5.41, 5.74) is 0. The molecule has 1 atom stereocenters. The van der Waals surface area contributed by atoms with Gasteiger partial charge in [-0.1, -0.05) is 6.55 Å². The lowest BCUT2D eigenvalue weighted by atomic mass is 10.6. The van der Waals surface area contributed by atoms with Crippen LogP contribution in [0.15, 0.2) is 0 Å². The Morgan fingerprint density at radius 3 is 2.12 bits per heavy atom. The summed E-state index contributed by atoms with van der Waals surface area (Å²) in [6.07, 6.45) is 0.847. The van der Waals surface area contributed by atoms with Crippen LogP contribution in [0.4, 0.5) is 0 Å². The van der Waals surface area contributed by atoms with E-state index in [9.17, 15) is 0 Å². The standard InChI is InChI=1S/C4H9Cl3Si/c1-8(7)3-2-4(5)6/h4,8H,2-3H2,1H3. The molecule has 0 fully saturated rings. The normalized spacial score (nSPS) is 14.6. The van der Waals surface area contributed by atoms with Crippen molar-refractivity contribution in [1.29, 1.82) is 0 Å². The van der Waals surface area contributed by atoms with Crippen molar-refractivity contribution in [3.8, 4) is 0 Å². The monoisotopic (exact) mass is 190 g/mol. The third kappa shape index (κ3) is 7.09. The fourth-order valence-corrected chi connectivity index (χ4v) is 2.20. The second-order valence-corrected chi connectivity index (χ2v) is 7.40. The largest absolute Gasteiger partial charge is 0.172 e. The topological polar surface area (TPSA) is 0 Å². The van der Waals surface area contributed by atoms with Crippen molar-refractivity contribution in [3.63, 3.8) is 0 Å².